The van der Waals surface area contributed by atoms with Gasteiger partial charge in [0.15, 0.2) is 34.2 Å². The number of furan rings is 3. The minimum atomic E-state index is -2.18. The molecule has 5 aromatic carbocycles. The van der Waals surface area contributed by atoms with Crippen molar-refractivity contribution >= 4 is 118 Å². The second-order valence-corrected chi connectivity index (χ2v) is 21.8. The highest BCUT2D eigenvalue weighted by molar-refractivity contribution is 6.12. The third-order valence-electron chi connectivity index (χ3n) is 16.3. The zero-order chi connectivity index (χ0) is 60.2. The number of aromatic nitrogens is 6. The lowest BCUT2D eigenvalue weighted by molar-refractivity contribution is 0.383. The molecule has 0 fully saturated rings. The maximum Gasteiger partial charge on any atom is 0.227 e. The fourth-order valence-corrected chi connectivity index (χ4v) is 12.2. The van der Waals surface area contributed by atoms with Gasteiger partial charge in [-0.3, -0.25) is 4.90 Å². The summed E-state index contributed by atoms with van der Waals surface area (Å²) in [5.74, 6) is 2.60. The summed E-state index contributed by atoms with van der Waals surface area (Å²) in [6.45, 7) is 16.2. The molecule has 3 aliphatic heterocycles. The lowest BCUT2D eigenvalue weighted by Gasteiger charge is -2.30. The normalized spacial score (nSPS) is 17.1. The van der Waals surface area contributed by atoms with Gasteiger partial charge in [-0.2, -0.15) is 0 Å². The first kappa shape index (κ1) is 48.4. The summed E-state index contributed by atoms with van der Waals surface area (Å²) < 4.78 is 41.9. The highest BCUT2D eigenvalue weighted by Gasteiger charge is 2.40. The van der Waals surface area contributed by atoms with E-state index in [1.807, 2.05) is 112 Å². The van der Waals surface area contributed by atoms with Crippen molar-refractivity contribution in [1.82, 2.24) is 34.8 Å². The van der Waals surface area contributed by atoms with Crippen LogP contribution in [0.4, 0.5) is 51.6 Å². The molecule has 8 aromatic heterocycles. The van der Waals surface area contributed by atoms with Crippen LogP contribution in [-0.2, 0) is 0 Å². The summed E-state index contributed by atoms with van der Waals surface area (Å²) >= 11 is 0. The first-order chi connectivity index (χ1) is 42.0. The fourth-order valence-electron chi connectivity index (χ4n) is 12.2. The minimum Gasteiger partial charge on any atom is -0.435 e. The quantitative estimate of drug-likeness (QED) is 0.162. The lowest BCUT2D eigenvalue weighted by atomic mass is 10.1. The number of aryl methyl sites for hydroxylation is 6. The Hall–Kier alpha value is -10.3. The third-order valence-corrected chi connectivity index (χ3v) is 16.3. The summed E-state index contributed by atoms with van der Waals surface area (Å²) in [7, 11) is 0. The molecule has 0 amide bonds. The largest absolute Gasteiger partial charge is 0.435 e. The molecule has 0 N–H and O–H groups in total. The van der Waals surface area contributed by atoms with E-state index in [1.165, 1.54) is 4.90 Å². The smallest absolute Gasteiger partial charge is 0.227 e. The van der Waals surface area contributed by atoms with Gasteiger partial charge in [0.05, 0.1) is 22.7 Å². The molecular formula is C69H62N12O3. The van der Waals surface area contributed by atoms with Crippen LogP contribution in [-0.4, -0.2) is 60.3 Å². The zero-order valence-electron chi connectivity index (χ0n) is 51.1. The number of fused-ring (bicyclic) bond motifs is 11. The second kappa shape index (κ2) is 20.3. The van der Waals surface area contributed by atoms with Crippen molar-refractivity contribution in [2.75, 3.05) is 31.5 Å². The molecule has 0 saturated heterocycles. The van der Waals surface area contributed by atoms with Crippen molar-refractivity contribution in [3.05, 3.63) is 210 Å². The van der Waals surface area contributed by atoms with Crippen LogP contribution in [0, 0.1) is 41.5 Å². The number of hydrogen-bond acceptors (Lipinski definition) is 15. The molecule has 13 aromatic rings. The Morgan fingerprint density at radius 3 is 1.29 bits per heavy atom. The first-order valence-electron chi connectivity index (χ1n) is 29.7. The van der Waals surface area contributed by atoms with Gasteiger partial charge in [-0.25, -0.2) is 29.9 Å². The van der Waals surface area contributed by atoms with Gasteiger partial charge in [0.2, 0.25) is 17.1 Å². The molecule has 416 valence electrons. The van der Waals surface area contributed by atoms with E-state index in [-0.39, 0.29) is 18.5 Å². The third kappa shape index (κ3) is 8.39. The second-order valence-electron chi connectivity index (χ2n) is 21.8. The predicted molar refractivity (Wildman–Crippen MR) is 338 cm³/mol. The average Bonchev–Trinajstić information content (AvgIpc) is 1.64. The Balaban J connectivity index is 0.000000116. The summed E-state index contributed by atoms with van der Waals surface area (Å²) in [6.07, 6.45) is 8.40. The van der Waals surface area contributed by atoms with E-state index in [1.54, 1.807) is 24.8 Å². The molecule has 3 unspecified atom stereocenters. The molecule has 0 radical (unpaired) electrons. The Bertz CT molecular complexity index is 4630. The topological polar surface area (TPSA) is 136 Å². The molecule has 0 aliphatic carbocycles. The molecule has 3 aliphatic rings. The van der Waals surface area contributed by atoms with Gasteiger partial charge in [0, 0.05) is 103 Å². The number of anilines is 9. The van der Waals surface area contributed by atoms with Gasteiger partial charge >= 0.3 is 0 Å². The van der Waals surface area contributed by atoms with Crippen molar-refractivity contribution in [1.29, 1.82) is 0 Å². The molecule has 16 rings (SSSR count). The molecule has 84 heavy (non-hydrogen) atoms. The standard InChI is InChI=1S/C26H22N4O.C25H21N5O.C18H19N3O/c1-16-11-13-20-21-14-12-17(2)28-26(21)31-24(20)23(16)30-18(3)29(19-8-5-4-6-9-19)25-22(30)10-7-15-27-25;1-15-9-11-19-20-12-10-16(2)28-25(20)31-22(19)21(15)30-17(3)29(18-7-5-4-6-8-18)23-24(30)27-14-13-26-23;1-11-5-7-14-15-8-6-12(2)19-18(15)22-17(14)16(11)21-10-9-20(4)13(21)3/h4-15,18H,1-3H3;4-14,17H,1-3H3;5-10,13H,1-4H3/i;;4D3. The number of benzene rings is 5. The first-order valence-corrected chi connectivity index (χ1v) is 28.2. The molecular weight excluding hydrogens is 1040 g/mol. The Morgan fingerprint density at radius 1 is 0.381 bits per heavy atom. The summed E-state index contributed by atoms with van der Waals surface area (Å²) in [4.78, 5) is 40.2. The highest BCUT2D eigenvalue weighted by Crippen LogP contribution is 2.51. The van der Waals surface area contributed by atoms with E-state index >= 15 is 0 Å². The Labute approximate surface area is 490 Å². The van der Waals surface area contributed by atoms with Crippen molar-refractivity contribution in [3.8, 4) is 0 Å². The maximum absolute atomic E-state index is 7.69. The SMILES string of the molecule is Cc1ccc2c(n1)oc1c(N3c4cccnc4N(c4ccccc4)C3C)c(C)ccc12.Cc1ccc2c(n1)oc1c(N3c4nccnc4N(c4ccccc4)C3C)c(C)ccc12.[2H]C([2H])([2H])N1C=CN(c2c(C)ccc3c2oc2nc(C)ccc23)C1C. The van der Waals surface area contributed by atoms with E-state index in [0.717, 1.165) is 134 Å². The number of para-hydroxylation sites is 2. The van der Waals surface area contributed by atoms with Crippen LogP contribution < -0.4 is 24.5 Å². The van der Waals surface area contributed by atoms with Gasteiger partial charge in [0.1, 0.15) is 18.5 Å². The van der Waals surface area contributed by atoms with Crippen molar-refractivity contribution in [3.63, 3.8) is 0 Å². The molecule has 15 nitrogen and oxygen atoms in total. The van der Waals surface area contributed by atoms with Crippen LogP contribution in [0.5, 0.6) is 0 Å². The molecule has 3 atom stereocenters. The summed E-state index contributed by atoms with van der Waals surface area (Å²) in [5.41, 5.74) is 16.6. The Morgan fingerprint density at radius 2 is 0.798 bits per heavy atom. The van der Waals surface area contributed by atoms with E-state index in [9.17, 15) is 0 Å². The average molecular weight is 1110 g/mol. The van der Waals surface area contributed by atoms with Crippen molar-refractivity contribution in [2.24, 2.45) is 0 Å². The van der Waals surface area contributed by atoms with E-state index in [2.05, 4.69) is 146 Å². The van der Waals surface area contributed by atoms with Crippen molar-refractivity contribution < 1.29 is 17.4 Å². The van der Waals surface area contributed by atoms with Gasteiger partial charge in [-0.15, -0.1) is 0 Å². The zero-order valence-corrected chi connectivity index (χ0v) is 48.1. The molecule has 0 spiro atoms. The lowest BCUT2D eigenvalue weighted by Crippen LogP contribution is -2.36. The fraction of sp³-hybridized carbons (Fsp3) is 0.188. The van der Waals surface area contributed by atoms with Crippen LogP contribution in [0.2, 0.25) is 0 Å². The number of rotatable bonds is 5. The van der Waals surface area contributed by atoms with Crippen molar-refractivity contribution in [2.45, 2.75) is 80.8 Å². The van der Waals surface area contributed by atoms with Gasteiger partial charge in [-0.05, 0) is 152 Å². The Kier molecular flexibility index (Phi) is 11.7. The molecule has 11 heterocycles. The molecule has 0 bridgehead atoms. The van der Waals surface area contributed by atoms with E-state index in [0.29, 0.717) is 17.1 Å². The van der Waals surface area contributed by atoms with Gasteiger partial charge < -0.3 is 37.8 Å². The molecule has 15 heteroatoms. The van der Waals surface area contributed by atoms with Crippen LogP contribution in [0.1, 0.15) is 58.7 Å². The monoisotopic (exact) mass is 1110 g/mol. The van der Waals surface area contributed by atoms with E-state index < -0.39 is 6.98 Å². The predicted octanol–water partition coefficient (Wildman–Crippen LogP) is 16.8. The number of nitrogens with zero attached hydrogens (tertiary/aromatic N) is 12. The van der Waals surface area contributed by atoms with E-state index in [4.69, 9.17) is 27.3 Å². The van der Waals surface area contributed by atoms with Gasteiger partial charge in [-0.1, -0.05) is 72.8 Å². The van der Waals surface area contributed by atoms with Gasteiger partial charge in [0.25, 0.3) is 0 Å². The minimum absolute atomic E-state index is 0.0273. The number of hydrogen-bond donors (Lipinski definition) is 0. The number of pyridine rings is 4. The van der Waals surface area contributed by atoms with Crippen LogP contribution in [0.25, 0.3) is 66.2 Å². The summed E-state index contributed by atoms with van der Waals surface area (Å²) in [6, 6.07) is 49.7. The van der Waals surface area contributed by atoms with Crippen LogP contribution >= 0.6 is 0 Å². The van der Waals surface area contributed by atoms with Crippen LogP contribution in [0.15, 0.2) is 190 Å². The summed E-state index contributed by atoms with van der Waals surface area (Å²) in [5, 5.41) is 6.15. The highest BCUT2D eigenvalue weighted by atomic mass is 16.3. The van der Waals surface area contributed by atoms with Crippen LogP contribution in [0.3, 0.4) is 0 Å². The molecule has 0 saturated carbocycles. The maximum atomic E-state index is 7.69.